The fourth-order valence-corrected chi connectivity index (χ4v) is 5.38. The summed E-state index contributed by atoms with van der Waals surface area (Å²) in [5.74, 6) is 1.40. The quantitative estimate of drug-likeness (QED) is 0.174. The fourth-order valence-electron chi connectivity index (χ4n) is 4.53. The summed E-state index contributed by atoms with van der Waals surface area (Å²) in [6.45, 7) is 17.3. The van der Waals surface area contributed by atoms with Crippen molar-refractivity contribution in [2.45, 2.75) is 83.7 Å². The van der Waals surface area contributed by atoms with Crippen molar-refractivity contribution in [2.75, 3.05) is 17.8 Å². The summed E-state index contributed by atoms with van der Waals surface area (Å²) in [6, 6.07) is 11.8. The Kier molecular flexibility index (Phi) is 10.1. The minimum absolute atomic E-state index is 0.101. The number of amidine groups is 1. The summed E-state index contributed by atoms with van der Waals surface area (Å²) in [4.78, 5) is 6.14. The van der Waals surface area contributed by atoms with Gasteiger partial charge in [0, 0.05) is 22.4 Å². The molecule has 2 aromatic rings. The van der Waals surface area contributed by atoms with Gasteiger partial charge in [-0.2, -0.15) is 0 Å². The van der Waals surface area contributed by atoms with Crippen LogP contribution in [-0.4, -0.2) is 25.0 Å². The van der Waals surface area contributed by atoms with Gasteiger partial charge in [0.05, 0.1) is 22.6 Å². The van der Waals surface area contributed by atoms with Crippen LogP contribution >= 0.6 is 23.5 Å². The van der Waals surface area contributed by atoms with E-state index < -0.39 is 5.82 Å². The smallest absolute Gasteiger partial charge is 0.143 e. The first kappa shape index (κ1) is 28.8. The summed E-state index contributed by atoms with van der Waals surface area (Å²) >= 11 is 7.68. The number of hydrogen-bond acceptors (Lipinski definition) is 4. The lowest BCUT2D eigenvalue weighted by Crippen LogP contribution is -2.43. The van der Waals surface area contributed by atoms with E-state index in [1.54, 1.807) is 6.07 Å². The highest BCUT2D eigenvalue weighted by Crippen LogP contribution is 2.34. The summed E-state index contributed by atoms with van der Waals surface area (Å²) in [5.41, 5.74) is 2.94. The summed E-state index contributed by atoms with van der Waals surface area (Å²) in [5, 5.41) is 7.33. The van der Waals surface area contributed by atoms with Crippen LogP contribution in [0.3, 0.4) is 0 Å². The van der Waals surface area contributed by atoms with E-state index >= 15 is 0 Å². The molecule has 0 aliphatic carbocycles. The highest BCUT2D eigenvalue weighted by molar-refractivity contribution is 8.00. The van der Waals surface area contributed by atoms with Crippen LogP contribution in [0.2, 0.25) is 5.02 Å². The second kappa shape index (κ2) is 12.7. The number of hydrogen-bond donors (Lipinski definition) is 3. The molecule has 1 aliphatic heterocycles. The lowest BCUT2D eigenvalue weighted by Gasteiger charge is -2.27. The largest absolute Gasteiger partial charge is 0.371 e. The molecule has 0 radical (unpaired) electrons. The Hall–Kier alpha value is -1.76. The molecule has 0 amide bonds. The molecule has 1 fully saturated rings. The Balaban J connectivity index is 1.82. The molecule has 2 aromatic carbocycles. The van der Waals surface area contributed by atoms with Crippen LogP contribution in [-0.2, 0) is 5.41 Å². The molecule has 4 nitrogen and oxygen atoms in total. The Morgan fingerprint density at radius 2 is 1.89 bits per heavy atom. The van der Waals surface area contributed by atoms with Crippen molar-refractivity contribution >= 4 is 35.1 Å². The van der Waals surface area contributed by atoms with E-state index in [1.807, 2.05) is 6.92 Å². The molecule has 0 bridgehead atoms. The van der Waals surface area contributed by atoms with Gasteiger partial charge in [-0.05, 0) is 86.0 Å². The van der Waals surface area contributed by atoms with Gasteiger partial charge >= 0.3 is 0 Å². The molecule has 0 saturated carbocycles. The van der Waals surface area contributed by atoms with E-state index in [-0.39, 0.29) is 22.4 Å². The molecule has 3 rings (SSSR count). The molecular weight excluding hydrogens is 491 g/mol. The van der Waals surface area contributed by atoms with Crippen LogP contribution in [0.4, 0.5) is 10.1 Å². The molecule has 1 heterocycles. The van der Waals surface area contributed by atoms with Gasteiger partial charge in [-0.25, -0.2) is 4.39 Å². The van der Waals surface area contributed by atoms with Crippen molar-refractivity contribution in [2.24, 2.45) is 16.8 Å². The summed E-state index contributed by atoms with van der Waals surface area (Å²) in [6.07, 6.45) is 2.23. The predicted octanol–water partition coefficient (Wildman–Crippen LogP) is 7.99. The molecule has 36 heavy (non-hydrogen) atoms. The Morgan fingerprint density at radius 3 is 2.44 bits per heavy atom. The van der Waals surface area contributed by atoms with Crippen molar-refractivity contribution in [3.8, 4) is 0 Å². The average Bonchev–Trinajstić information content (AvgIpc) is 3.36. The Bertz CT molecular complexity index is 1030. The van der Waals surface area contributed by atoms with Crippen molar-refractivity contribution in [3.05, 3.63) is 58.4 Å². The molecule has 1 saturated heterocycles. The van der Waals surface area contributed by atoms with Crippen molar-refractivity contribution in [3.63, 3.8) is 0 Å². The first-order valence-electron chi connectivity index (χ1n) is 13.1. The zero-order valence-electron chi connectivity index (χ0n) is 22.7. The number of aliphatic imine (C=N–C) groups is 1. The van der Waals surface area contributed by atoms with Gasteiger partial charge in [0.1, 0.15) is 5.82 Å². The Labute approximate surface area is 226 Å². The van der Waals surface area contributed by atoms with Crippen LogP contribution in [0, 0.1) is 17.7 Å². The number of nitrogens with zero attached hydrogens (tertiary/aromatic N) is 1. The molecule has 3 N–H and O–H groups in total. The molecule has 1 aliphatic rings. The van der Waals surface area contributed by atoms with Crippen molar-refractivity contribution in [1.29, 1.82) is 0 Å². The monoisotopic (exact) mass is 532 g/mol. The number of benzene rings is 2. The summed E-state index contributed by atoms with van der Waals surface area (Å²) < 4.78 is 17.8. The van der Waals surface area contributed by atoms with Gasteiger partial charge in [0.15, 0.2) is 0 Å². The van der Waals surface area contributed by atoms with Crippen LogP contribution in [0.5, 0.6) is 0 Å². The number of nitrogens with one attached hydrogen (secondary N) is 3. The fraction of sp³-hybridized carbons (Fsp3) is 0.552. The van der Waals surface area contributed by atoms with E-state index in [1.165, 1.54) is 30.0 Å². The Morgan fingerprint density at radius 1 is 1.19 bits per heavy atom. The highest BCUT2D eigenvalue weighted by atomic mass is 35.5. The van der Waals surface area contributed by atoms with Gasteiger partial charge in [-0.3, -0.25) is 4.99 Å². The molecule has 3 unspecified atom stereocenters. The maximum absolute atomic E-state index is 14.5. The topological polar surface area (TPSA) is 48.5 Å². The van der Waals surface area contributed by atoms with Crippen molar-refractivity contribution in [1.82, 2.24) is 10.6 Å². The third-order valence-electron chi connectivity index (χ3n) is 6.86. The zero-order valence-corrected chi connectivity index (χ0v) is 24.3. The van der Waals surface area contributed by atoms with E-state index in [0.717, 1.165) is 35.8 Å². The molecule has 198 valence electrons. The standard InChI is InChI=1S/C29H42ClFN4S/c1-8-26(20-13-14-32-17-20)34-28(18(2)3)33-19(4)23-15-24(30)25(31)16-27(23)35-36-22-11-9-21(10-12-22)29(5,6)7/h9-12,15-16,18-20,26,32,35H,8,13-14,17H2,1-7H3,(H,33,34). The van der Waals surface area contributed by atoms with E-state index in [2.05, 4.69) is 81.2 Å². The molecule has 0 spiro atoms. The number of halogens is 2. The van der Waals surface area contributed by atoms with Gasteiger partial charge in [0.2, 0.25) is 0 Å². The third-order valence-corrected chi connectivity index (χ3v) is 7.98. The molecule has 7 heteroatoms. The van der Waals surface area contributed by atoms with Crippen LogP contribution < -0.4 is 15.4 Å². The van der Waals surface area contributed by atoms with Gasteiger partial charge in [0.25, 0.3) is 0 Å². The average molecular weight is 533 g/mol. The lowest BCUT2D eigenvalue weighted by atomic mass is 9.87. The van der Waals surface area contributed by atoms with Crippen LogP contribution in [0.15, 0.2) is 46.3 Å². The van der Waals surface area contributed by atoms with E-state index in [9.17, 15) is 4.39 Å². The zero-order chi connectivity index (χ0) is 26.5. The predicted molar refractivity (Wildman–Crippen MR) is 155 cm³/mol. The van der Waals surface area contributed by atoms with Crippen molar-refractivity contribution < 1.29 is 4.39 Å². The van der Waals surface area contributed by atoms with Gasteiger partial charge in [-0.15, -0.1) is 0 Å². The maximum atomic E-state index is 14.5. The molecule has 0 aromatic heterocycles. The lowest BCUT2D eigenvalue weighted by molar-refractivity contribution is 0.404. The maximum Gasteiger partial charge on any atom is 0.143 e. The van der Waals surface area contributed by atoms with Gasteiger partial charge < -0.3 is 15.4 Å². The number of rotatable bonds is 9. The first-order chi connectivity index (χ1) is 17.0. The first-order valence-corrected chi connectivity index (χ1v) is 14.3. The second-order valence-corrected chi connectivity index (χ2v) is 12.4. The SMILES string of the molecule is CCC(NC(=NC(C)c1cc(Cl)c(F)cc1NSc1ccc(C(C)(C)C)cc1)C(C)C)C1CCNC1. The summed E-state index contributed by atoms with van der Waals surface area (Å²) in [7, 11) is 0. The van der Waals surface area contributed by atoms with Crippen LogP contribution in [0.1, 0.15) is 78.5 Å². The second-order valence-electron chi connectivity index (χ2n) is 11.1. The minimum atomic E-state index is -0.440. The van der Waals surface area contributed by atoms with E-state index in [4.69, 9.17) is 16.6 Å². The number of anilines is 1. The third kappa shape index (κ3) is 7.62. The minimum Gasteiger partial charge on any atom is -0.371 e. The van der Waals surface area contributed by atoms with E-state index in [0.29, 0.717) is 17.6 Å². The highest BCUT2D eigenvalue weighted by Gasteiger charge is 2.25. The van der Waals surface area contributed by atoms with Crippen LogP contribution in [0.25, 0.3) is 0 Å². The molecule has 3 atom stereocenters. The van der Waals surface area contributed by atoms with Gasteiger partial charge in [-0.1, -0.05) is 65.3 Å². The normalized spacial score (nSPS) is 18.4. The molecular formula is C29H42ClFN4S.